The number of nitrogens with zero attached hydrogens (tertiary/aromatic N) is 2. The van der Waals surface area contributed by atoms with Crippen molar-refractivity contribution in [3.63, 3.8) is 0 Å². The maximum atomic E-state index is 4.43. The van der Waals surface area contributed by atoms with E-state index < -0.39 is 0 Å². The standard InChI is InChI=1S/C13H14N2.C2H6/c1-9-5-4-6-12(7-9)13-8-10(2)14-11(3)15-13;1-2/h4-8H,1-3H3;1-2H3. The van der Waals surface area contributed by atoms with E-state index in [1.54, 1.807) is 0 Å². The number of hydrogen-bond donors (Lipinski definition) is 0. The summed E-state index contributed by atoms with van der Waals surface area (Å²) in [6.07, 6.45) is 0. The first kappa shape index (κ1) is 13.4. The van der Waals surface area contributed by atoms with E-state index in [2.05, 4.69) is 41.2 Å². The van der Waals surface area contributed by atoms with Crippen molar-refractivity contribution in [3.8, 4) is 11.3 Å². The van der Waals surface area contributed by atoms with Gasteiger partial charge >= 0.3 is 0 Å². The molecule has 0 aliphatic carbocycles. The van der Waals surface area contributed by atoms with E-state index in [1.165, 1.54) is 5.56 Å². The molecule has 0 aliphatic rings. The van der Waals surface area contributed by atoms with Crippen molar-refractivity contribution in [2.24, 2.45) is 0 Å². The van der Waals surface area contributed by atoms with E-state index in [-0.39, 0.29) is 0 Å². The second kappa shape index (κ2) is 6.14. The molecule has 0 atom stereocenters. The Kier molecular flexibility index (Phi) is 4.83. The van der Waals surface area contributed by atoms with Crippen molar-refractivity contribution < 1.29 is 0 Å². The van der Waals surface area contributed by atoms with Gasteiger partial charge in [-0.2, -0.15) is 0 Å². The Morgan fingerprint density at radius 3 is 2.18 bits per heavy atom. The largest absolute Gasteiger partial charge is 0.239 e. The van der Waals surface area contributed by atoms with Crippen LogP contribution in [0.25, 0.3) is 11.3 Å². The minimum absolute atomic E-state index is 0.825. The fourth-order valence-corrected chi connectivity index (χ4v) is 1.67. The van der Waals surface area contributed by atoms with Crippen molar-refractivity contribution in [1.82, 2.24) is 9.97 Å². The van der Waals surface area contributed by atoms with Gasteiger partial charge in [0.25, 0.3) is 0 Å². The van der Waals surface area contributed by atoms with Crippen molar-refractivity contribution in [1.29, 1.82) is 0 Å². The van der Waals surface area contributed by atoms with Crippen LogP contribution in [0.3, 0.4) is 0 Å². The maximum Gasteiger partial charge on any atom is 0.126 e. The molecule has 2 heteroatoms. The summed E-state index contributed by atoms with van der Waals surface area (Å²) < 4.78 is 0. The van der Waals surface area contributed by atoms with E-state index in [9.17, 15) is 0 Å². The average Bonchev–Trinajstić information content (AvgIpc) is 2.30. The molecule has 1 aromatic heterocycles. The number of aromatic nitrogens is 2. The Morgan fingerprint density at radius 1 is 0.882 bits per heavy atom. The molecule has 90 valence electrons. The lowest BCUT2D eigenvalue weighted by atomic mass is 10.1. The third kappa shape index (κ3) is 3.66. The predicted octanol–water partition coefficient (Wildman–Crippen LogP) is 4.10. The van der Waals surface area contributed by atoms with E-state index in [1.807, 2.05) is 33.8 Å². The maximum absolute atomic E-state index is 4.43. The quantitative estimate of drug-likeness (QED) is 0.734. The molecule has 0 N–H and O–H groups in total. The molecule has 17 heavy (non-hydrogen) atoms. The van der Waals surface area contributed by atoms with Gasteiger partial charge in [0.1, 0.15) is 5.82 Å². The van der Waals surface area contributed by atoms with Crippen molar-refractivity contribution >= 4 is 0 Å². The van der Waals surface area contributed by atoms with Gasteiger partial charge in [0.2, 0.25) is 0 Å². The van der Waals surface area contributed by atoms with Gasteiger partial charge in [0.05, 0.1) is 5.69 Å². The van der Waals surface area contributed by atoms with Gasteiger partial charge in [0.15, 0.2) is 0 Å². The first-order valence-electron chi connectivity index (χ1n) is 6.04. The van der Waals surface area contributed by atoms with Crippen LogP contribution in [0.2, 0.25) is 0 Å². The molecule has 0 amide bonds. The lowest BCUT2D eigenvalue weighted by Crippen LogP contribution is -1.93. The number of hydrogen-bond acceptors (Lipinski definition) is 2. The first-order chi connectivity index (χ1) is 8.15. The fraction of sp³-hybridized carbons (Fsp3) is 0.333. The molecule has 0 bridgehead atoms. The third-order valence-electron chi connectivity index (χ3n) is 2.28. The van der Waals surface area contributed by atoms with Gasteiger partial charge in [-0.05, 0) is 32.9 Å². The van der Waals surface area contributed by atoms with Crippen molar-refractivity contribution in [2.45, 2.75) is 34.6 Å². The minimum atomic E-state index is 0.825. The molecule has 0 unspecified atom stereocenters. The van der Waals surface area contributed by atoms with Crippen LogP contribution in [-0.2, 0) is 0 Å². The van der Waals surface area contributed by atoms with Crippen LogP contribution < -0.4 is 0 Å². The van der Waals surface area contributed by atoms with Crippen LogP contribution in [0.4, 0.5) is 0 Å². The van der Waals surface area contributed by atoms with Crippen LogP contribution in [-0.4, -0.2) is 9.97 Å². The van der Waals surface area contributed by atoms with Gasteiger partial charge in [-0.25, -0.2) is 9.97 Å². The van der Waals surface area contributed by atoms with Gasteiger partial charge < -0.3 is 0 Å². The smallest absolute Gasteiger partial charge is 0.126 e. The highest BCUT2D eigenvalue weighted by Crippen LogP contribution is 2.18. The molecule has 0 radical (unpaired) electrons. The molecule has 1 aromatic carbocycles. The highest BCUT2D eigenvalue weighted by atomic mass is 14.9. The highest BCUT2D eigenvalue weighted by molar-refractivity contribution is 5.60. The summed E-state index contributed by atoms with van der Waals surface area (Å²) in [4.78, 5) is 8.71. The zero-order valence-electron chi connectivity index (χ0n) is 11.3. The molecular formula is C15H20N2. The minimum Gasteiger partial charge on any atom is -0.239 e. The Labute approximate surface area is 104 Å². The van der Waals surface area contributed by atoms with Gasteiger partial charge in [0, 0.05) is 11.3 Å². The van der Waals surface area contributed by atoms with E-state index in [0.717, 1.165) is 22.8 Å². The summed E-state index contributed by atoms with van der Waals surface area (Å²) in [5, 5.41) is 0. The Bertz CT molecular complexity index is 470. The molecule has 2 rings (SSSR count). The van der Waals surface area contributed by atoms with E-state index in [0.29, 0.717) is 0 Å². The third-order valence-corrected chi connectivity index (χ3v) is 2.28. The number of aryl methyl sites for hydroxylation is 3. The molecule has 2 aromatic rings. The van der Waals surface area contributed by atoms with Gasteiger partial charge in [-0.1, -0.05) is 37.6 Å². The highest BCUT2D eigenvalue weighted by Gasteiger charge is 2.01. The Balaban J connectivity index is 0.000000686. The van der Waals surface area contributed by atoms with Crippen molar-refractivity contribution in [3.05, 3.63) is 47.4 Å². The normalized spacial score (nSPS) is 9.47. The zero-order chi connectivity index (χ0) is 12.8. The second-order valence-electron chi connectivity index (χ2n) is 3.81. The van der Waals surface area contributed by atoms with Crippen LogP contribution in [0.15, 0.2) is 30.3 Å². The molecule has 0 saturated carbocycles. The topological polar surface area (TPSA) is 25.8 Å². The summed E-state index contributed by atoms with van der Waals surface area (Å²) in [7, 11) is 0. The lowest BCUT2D eigenvalue weighted by Gasteiger charge is -2.04. The summed E-state index contributed by atoms with van der Waals surface area (Å²) in [6, 6.07) is 10.4. The Morgan fingerprint density at radius 2 is 1.59 bits per heavy atom. The predicted molar refractivity (Wildman–Crippen MR) is 73.0 cm³/mol. The summed E-state index contributed by atoms with van der Waals surface area (Å²) in [6.45, 7) is 10.0. The number of rotatable bonds is 1. The zero-order valence-corrected chi connectivity index (χ0v) is 11.3. The van der Waals surface area contributed by atoms with Crippen LogP contribution in [0.1, 0.15) is 30.9 Å². The first-order valence-corrected chi connectivity index (χ1v) is 6.04. The average molecular weight is 228 g/mol. The molecular weight excluding hydrogens is 208 g/mol. The van der Waals surface area contributed by atoms with Gasteiger partial charge in [-0.3, -0.25) is 0 Å². The molecule has 0 fully saturated rings. The molecule has 1 heterocycles. The molecule has 2 nitrogen and oxygen atoms in total. The van der Waals surface area contributed by atoms with Crippen LogP contribution in [0.5, 0.6) is 0 Å². The summed E-state index contributed by atoms with van der Waals surface area (Å²) in [5.41, 5.74) is 4.42. The number of benzene rings is 1. The van der Waals surface area contributed by atoms with E-state index in [4.69, 9.17) is 0 Å². The Hall–Kier alpha value is -1.70. The summed E-state index contributed by atoms with van der Waals surface area (Å²) >= 11 is 0. The fourth-order valence-electron chi connectivity index (χ4n) is 1.67. The van der Waals surface area contributed by atoms with E-state index >= 15 is 0 Å². The lowest BCUT2D eigenvalue weighted by molar-refractivity contribution is 1.02. The van der Waals surface area contributed by atoms with Crippen molar-refractivity contribution in [2.75, 3.05) is 0 Å². The SMILES string of the molecule is CC.Cc1cccc(-c2cc(C)nc(C)n2)c1. The summed E-state index contributed by atoms with van der Waals surface area (Å²) in [5.74, 6) is 0.825. The molecule has 0 spiro atoms. The molecule has 0 aliphatic heterocycles. The van der Waals surface area contributed by atoms with Gasteiger partial charge in [-0.15, -0.1) is 0 Å². The molecule has 0 saturated heterocycles. The monoisotopic (exact) mass is 228 g/mol. The van der Waals surface area contributed by atoms with Crippen LogP contribution >= 0.6 is 0 Å². The van der Waals surface area contributed by atoms with Crippen LogP contribution in [0, 0.1) is 20.8 Å². The second-order valence-corrected chi connectivity index (χ2v) is 3.81.